The van der Waals surface area contributed by atoms with Crippen LogP contribution in [0.4, 0.5) is 5.69 Å². The Hall–Kier alpha value is -2.91. The average Bonchev–Trinajstić information content (AvgIpc) is 3.04. The largest absolute Gasteiger partial charge is 0.465 e. The SMILES string of the molecule is NS(=O)(=O)c1ccc(NC(=O)COC(=O)/C=C/c2ccco2)cc1. The number of sulfonamides is 1. The second-order valence-electron chi connectivity index (χ2n) is 4.57. The van der Waals surface area contributed by atoms with Crippen LogP contribution in [0.1, 0.15) is 5.76 Å². The van der Waals surface area contributed by atoms with Gasteiger partial charge in [-0.1, -0.05) is 0 Å². The molecular weight excluding hydrogens is 336 g/mol. The Labute approximate surface area is 138 Å². The molecule has 0 radical (unpaired) electrons. The molecule has 2 aromatic rings. The van der Waals surface area contributed by atoms with Gasteiger partial charge in [-0.05, 0) is 42.5 Å². The maximum absolute atomic E-state index is 11.7. The van der Waals surface area contributed by atoms with Gasteiger partial charge in [0.05, 0.1) is 11.2 Å². The molecule has 0 aliphatic heterocycles. The number of benzene rings is 1. The number of amides is 1. The van der Waals surface area contributed by atoms with Gasteiger partial charge in [0.2, 0.25) is 10.0 Å². The standard InChI is InChI=1S/C15H14N2O6S/c16-24(20,21)13-6-3-11(4-7-13)17-14(18)10-23-15(19)8-5-12-2-1-9-22-12/h1-9H,10H2,(H,17,18)(H2,16,20,21)/b8-5+. The van der Waals surface area contributed by atoms with E-state index in [4.69, 9.17) is 14.3 Å². The van der Waals surface area contributed by atoms with E-state index in [0.29, 0.717) is 11.4 Å². The van der Waals surface area contributed by atoms with Gasteiger partial charge in [-0.2, -0.15) is 0 Å². The summed E-state index contributed by atoms with van der Waals surface area (Å²) in [6.07, 6.45) is 4.00. The fraction of sp³-hybridized carbons (Fsp3) is 0.0667. The molecule has 1 amide bonds. The summed E-state index contributed by atoms with van der Waals surface area (Å²) in [7, 11) is -3.79. The topological polar surface area (TPSA) is 129 Å². The van der Waals surface area contributed by atoms with Gasteiger partial charge in [0.15, 0.2) is 6.61 Å². The van der Waals surface area contributed by atoms with Crippen LogP contribution in [0.15, 0.2) is 58.1 Å². The normalized spacial score (nSPS) is 11.4. The smallest absolute Gasteiger partial charge is 0.331 e. The van der Waals surface area contributed by atoms with Gasteiger partial charge in [0.25, 0.3) is 5.91 Å². The first-order valence-electron chi connectivity index (χ1n) is 6.65. The molecule has 1 aromatic heterocycles. The zero-order valence-electron chi connectivity index (χ0n) is 12.3. The average molecular weight is 350 g/mol. The van der Waals surface area contributed by atoms with Gasteiger partial charge in [-0.15, -0.1) is 0 Å². The number of rotatable bonds is 6. The first-order valence-corrected chi connectivity index (χ1v) is 8.20. The number of anilines is 1. The van der Waals surface area contributed by atoms with E-state index in [1.54, 1.807) is 12.1 Å². The summed E-state index contributed by atoms with van der Waals surface area (Å²) >= 11 is 0. The number of primary sulfonamides is 1. The summed E-state index contributed by atoms with van der Waals surface area (Å²) < 4.78 is 32.0. The predicted octanol–water partition coefficient (Wildman–Crippen LogP) is 1.12. The molecule has 0 bridgehead atoms. The Morgan fingerprint density at radius 2 is 1.92 bits per heavy atom. The van der Waals surface area contributed by atoms with E-state index in [2.05, 4.69) is 5.32 Å². The Morgan fingerprint density at radius 1 is 1.21 bits per heavy atom. The Kier molecular flexibility index (Phi) is 5.51. The minimum Gasteiger partial charge on any atom is -0.465 e. The number of nitrogens with two attached hydrogens (primary N) is 1. The lowest BCUT2D eigenvalue weighted by molar-refractivity contribution is -0.142. The third kappa shape index (κ3) is 5.38. The Morgan fingerprint density at radius 3 is 2.50 bits per heavy atom. The second-order valence-corrected chi connectivity index (χ2v) is 6.14. The van der Waals surface area contributed by atoms with Crippen molar-refractivity contribution in [1.29, 1.82) is 0 Å². The number of hydrogen-bond donors (Lipinski definition) is 2. The molecule has 0 saturated heterocycles. The summed E-state index contributed by atoms with van der Waals surface area (Å²) in [5.41, 5.74) is 0.342. The number of carbonyl (C=O) groups is 2. The first kappa shape index (κ1) is 17.4. The molecule has 126 valence electrons. The van der Waals surface area contributed by atoms with E-state index in [1.807, 2.05) is 0 Å². The highest BCUT2D eigenvalue weighted by Crippen LogP contribution is 2.12. The minimum atomic E-state index is -3.79. The van der Waals surface area contributed by atoms with E-state index in [9.17, 15) is 18.0 Å². The molecule has 0 atom stereocenters. The van der Waals surface area contributed by atoms with Crippen molar-refractivity contribution in [3.63, 3.8) is 0 Å². The molecule has 0 unspecified atom stereocenters. The van der Waals surface area contributed by atoms with Crippen LogP contribution in [0.3, 0.4) is 0 Å². The van der Waals surface area contributed by atoms with Crippen molar-refractivity contribution in [2.45, 2.75) is 4.90 Å². The Bertz CT molecular complexity index is 839. The lowest BCUT2D eigenvalue weighted by Gasteiger charge is -2.06. The third-order valence-electron chi connectivity index (χ3n) is 2.74. The number of nitrogens with one attached hydrogen (secondary N) is 1. The number of carbonyl (C=O) groups excluding carboxylic acids is 2. The highest BCUT2D eigenvalue weighted by atomic mass is 32.2. The van der Waals surface area contributed by atoms with Gasteiger partial charge in [-0.3, -0.25) is 4.79 Å². The minimum absolute atomic E-state index is 0.0741. The van der Waals surface area contributed by atoms with Crippen LogP contribution < -0.4 is 10.5 Å². The van der Waals surface area contributed by atoms with Crippen LogP contribution >= 0.6 is 0 Å². The molecule has 1 aromatic carbocycles. The van der Waals surface area contributed by atoms with Crippen molar-refractivity contribution >= 4 is 33.7 Å². The van der Waals surface area contributed by atoms with Crippen molar-refractivity contribution in [2.24, 2.45) is 5.14 Å². The van der Waals surface area contributed by atoms with Crippen LogP contribution in [0.25, 0.3) is 6.08 Å². The summed E-state index contributed by atoms with van der Waals surface area (Å²) in [5.74, 6) is -0.796. The maximum atomic E-state index is 11.7. The highest BCUT2D eigenvalue weighted by Gasteiger charge is 2.09. The van der Waals surface area contributed by atoms with Crippen molar-refractivity contribution in [3.8, 4) is 0 Å². The molecule has 0 aliphatic rings. The Balaban J connectivity index is 1.81. The quantitative estimate of drug-likeness (QED) is 0.593. The first-order chi connectivity index (χ1) is 11.3. The molecule has 2 rings (SSSR count). The van der Waals surface area contributed by atoms with Crippen LogP contribution in [0, 0.1) is 0 Å². The van der Waals surface area contributed by atoms with E-state index in [1.165, 1.54) is 36.6 Å². The van der Waals surface area contributed by atoms with Gasteiger partial charge < -0.3 is 14.5 Å². The fourth-order valence-corrected chi connectivity index (χ4v) is 2.16. The van der Waals surface area contributed by atoms with Gasteiger partial charge >= 0.3 is 5.97 Å². The fourth-order valence-electron chi connectivity index (χ4n) is 1.65. The van der Waals surface area contributed by atoms with Crippen molar-refractivity contribution in [1.82, 2.24) is 0 Å². The molecule has 0 spiro atoms. The lowest BCUT2D eigenvalue weighted by Crippen LogP contribution is -2.20. The molecule has 8 nitrogen and oxygen atoms in total. The monoisotopic (exact) mass is 350 g/mol. The van der Waals surface area contributed by atoms with Crippen LogP contribution in [-0.4, -0.2) is 26.9 Å². The van der Waals surface area contributed by atoms with Crippen molar-refractivity contribution in [2.75, 3.05) is 11.9 Å². The summed E-state index contributed by atoms with van der Waals surface area (Å²) in [5, 5.41) is 7.42. The molecule has 0 fully saturated rings. The number of furan rings is 1. The molecule has 0 saturated carbocycles. The van der Waals surface area contributed by atoms with Crippen LogP contribution in [0.2, 0.25) is 0 Å². The molecule has 9 heteroatoms. The summed E-state index contributed by atoms with van der Waals surface area (Å²) in [4.78, 5) is 23.0. The zero-order valence-corrected chi connectivity index (χ0v) is 13.2. The van der Waals surface area contributed by atoms with E-state index in [-0.39, 0.29) is 4.90 Å². The maximum Gasteiger partial charge on any atom is 0.331 e. The lowest BCUT2D eigenvalue weighted by atomic mass is 10.3. The molecule has 0 aliphatic carbocycles. The summed E-state index contributed by atoms with van der Waals surface area (Å²) in [6, 6.07) is 8.57. The number of ether oxygens (including phenoxy) is 1. The molecule has 1 heterocycles. The third-order valence-corrected chi connectivity index (χ3v) is 3.67. The summed E-state index contributed by atoms with van der Waals surface area (Å²) in [6.45, 7) is -0.488. The van der Waals surface area contributed by atoms with Crippen molar-refractivity contribution in [3.05, 3.63) is 54.5 Å². The van der Waals surface area contributed by atoms with Gasteiger partial charge in [-0.25, -0.2) is 18.4 Å². The van der Waals surface area contributed by atoms with E-state index in [0.717, 1.165) is 6.08 Å². The number of hydrogen-bond acceptors (Lipinski definition) is 6. The zero-order chi connectivity index (χ0) is 17.6. The predicted molar refractivity (Wildman–Crippen MR) is 85.1 cm³/mol. The van der Waals surface area contributed by atoms with Crippen LogP contribution in [-0.2, 0) is 24.3 Å². The molecule has 24 heavy (non-hydrogen) atoms. The molecular formula is C15H14N2O6S. The van der Waals surface area contributed by atoms with Gasteiger partial charge in [0, 0.05) is 11.8 Å². The molecule has 3 N–H and O–H groups in total. The van der Waals surface area contributed by atoms with E-state index < -0.39 is 28.5 Å². The van der Waals surface area contributed by atoms with Gasteiger partial charge in [0.1, 0.15) is 5.76 Å². The second kappa shape index (κ2) is 7.57. The highest BCUT2D eigenvalue weighted by molar-refractivity contribution is 7.89. The van der Waals surface area contributed by atoms with Crippen LogP contribution in [0.5, 0.6) is 0 Å². The van der Waals surface area contributed by atoms with Crippen molar-refractivity contribution < 1.29 is 27.2 Å². The number of esters is 1. The van der Waals surface area contributed by atoms with E-state index >= 15 is 0 Å².